The van der Waals surface area contributed by atoms with Gasteiger partial charge in [-0.05, 0) is 19.8 Å². The highest BCUT2D eigenvalue weighted by Gasteiger charge is 2.26. The average Bonchev–Trinajstić information content (AvgIpc) is 2.96. The van der Waals surface area contributed by atoms with Crippen molar-refractivity contribution >= 4 is 27.3 Å². The number of amides is 1. The summed E-state index contributed by atoms with van der Waals surface area (Å²) in [5.74, 6) is -0.0323. The molecule has 0 bridgehead atoms. The number of rotatable bonds is 5. The molecule has 1 aliphatic rings. The summed E-state index contributed by atoms with van der Waals surface area (Å²) in [5, 5.41) is 2.46. The van der Waals surface area contributed by atoms with Gasteiger partial charge in [-0.2, -0.15) is 0 Å². The van der Waals surface area contributed by atoms with Crippen LogP contribution in [0.2, 0.25) is 0 Å². The topological polar surface area (TPSA) is 105 Å². The molecule has 1 aromatic rings. The molecule has 9 heteroatoms. The van der Waals surface area contributed by atoms with Crippen LogP contribution in [0.3, 0.4) is 0 Å². The number of aromatic nitrogens is 1. The first-order valence-corrected chi connectivity index (χ1v) is 9.42. The highest BCUT2D eigenvalue weighted by atomic mass is 32.2. The summed E-state index contributed by atoms with van der Waals surface area (Å²) in [6.07, 6.45) is 1.25. The number of piperidine rings is 1. The van der Waals surface area contributed by atoms with E-state index in [1.807, 2.05) is 0 Å². The molecule has 0 radical (unpaired) electrons. The molecule has 0 aromatic carbocycles. The average molecular weight is 332 g/mol. The third-order valence-electron chi connectivity index (χ3n) is 3.45. The summed E-state index contributed by atoms with van der Waals surface area (Å²) >= 11 is 1.38. The zero-order valence-corrected chi connectivity index (χ0v) is 13.5. The lowest BCUT2D eigenvalue weighted by atomic mass is 10.1. The summed E-state index contributed by atoms with van der Waals surface area (Å²) in [6, 6.07) is -0.0889. The molecule has 21 heavy (non-hydrogen) atoms. The van der Waals surface area contributed by atoms with Gasteiger partial charge >= 0.3 is 0 Å². The van der Waals surface area contributed by atoms with Crippen molar-refractivity contribution < 1.29 is 13.2 Å². The fourth-order valence-corrected chi connectivity index (χ4v) is 3.76. The molecule has 0 aliphatic carbocycles. The predicted octanol–water partition coefficient (Wildman–Crippen LogP) is 0.146. The van der Waals surface area contributed by atoms with Crippen molar-refractivity contribution in [3.63, 3.8) is 0 Å². The molecule has 3 N–H and O–H groups in total. The Hall–Kier alpha value is -1.03. The van der Waals surface area contributed by atoms with Gasteiger partial charge in [0.15, 0.2) is 0 Å². The first-order chi connectivity index (χ1) is 9.95. The quantitative estimate of drug-likeness (QED) is 0.798. The maximum Gasteiger partial charge on any atom is 0.273 e. The van der Waals surface area contributed by atoms with E-state index in [2.05, 4.69) is 9.71 Å². The lowest BCUT2D eigenvalue weighted by Crippen LogP contribution is -2.46. The fourth-order valence-electron chi connectivity index (χ4n) is 2.20. The molecule has 0 unspecified atom stereocenters. The monoisotopic (exact) mass is 332 g/mol. The summed E-state index contributed by atoms with van der Waals surface area (Å²) < 4.78 is 25.7. The highest BCUT2D eigenvalue weighted by molar-refractivity contribution is 7.89. The third-order valence-corrected chi connectivity index (χ3v) is 5.78. The Labute approximate surface area is 128 Å². The van der Waals surface area contributed by atoms with Crippen molar-refractivity contribution in [3.05, 3.63) is 16.1 Å². The lowest BCUT2D eigenvalue weighted by molar-refractivity contribution is 0.0706. The summed E-state index contributed by atoms with van der Waals surface area (Å²) in [7, 11) is -3.19. The van der Waals surface area contributed by atoms with Crippen LogP contribution in [0, 0.1) is 0 Å². The highest BCUT2D eigenvalue weighted by Crippen LogP contribution is 2.16. The number of nitrogens with zero attached hydrogens (tertiary/aromatic N) is 2. The van der Waals surface area contributed by atoms with Gasteiger partial charge in [0, 0.05) is 31.1 Å². The van der Waals surface area contributed by atoms with Crippen molar-refractivity contribution in [2.24, 2.45) is 5.73 Å². The number of hydrogen-bond acceptors (Lipinski definition) is 6. The molecule has 2 heterocycles. The number of nitrogens with two attached hydrogens (primary N) is 1. The van der Waals surface area contributed by atoms with Crippen LogP contribution in [-0.2, 0) is 16.6 Å². The minimum Gasteiger partial charge on any atom is -0.337 e. The van der Waals surface area contributed by atoms with Crippen LogP contribution in [0.1, 0.15) is 35.3 Å². The second-order valence-corrected chi connectivity index (χ2v) is 7.90. The van der Waals surface area contributed by atoms with E-state index in [4.69, 9.17) is 5.73 Å². The predicted molar refractivity (Wildman–Crippen MR) is 81.5 cm³/mol. The normalized spacial score (nSPS) is 17.1. The number of likely N-dealkylation sites (tertiary alicyclic amines) is 1. The number of carbonyl (C=O) groups excluding carboxylic acids is 1. The molecule has 1 amide bonds. The Morgan fingerprint density at radius 3 is 2.71 bits per heavy atom. The maximum absolute atomic E-state index is 12.3. The number of nitrogens with one attached hydrogen (secondary N) is 1. The van der Waals surface area contributed by atoms with E-state index in [0.717, 1.165) is 5.01 Å². The van der Waals surface area contributed by atoms with E-state index in [0.29, 0.717) is 38.2 Å². The van der Waals surface area contributed by atoms with Gasteiger partial charge in [0.25, 0.3) is 5.91 Å². The Bertz CT molecular complexity index is 591. The Kier molecular flexibility index (Phi) is 5.31. The van der Waals surface area contributed by atoms with E-state index in [9.17, 15) is 13.2 Å². The molecule has 1 aromatic heterocycles. The van der Waals surface area contributed by atoms with Gasteiger partial charge in [-0.1, -0.05) is 0 Å². The lowest BCUT2D eigenvalue weighted by Gasteiger charge is -2.31. The van der Waals surface area contributed by atoms with Gasteiger partial charge in [-0.15, -0.1) is 11.3 Å². The van der Waals surface area contributed by atoms with E-state index in [1.165, 1.54) is 11.3 Å². The number of sulfonamides is 1. The maximum atomic E-state index is 12.3. The third kappa shape index (κ3) is 4.22. The molecule has 1 saturated heterocycles. The van der Waals surface area contributed by atoms with Crippen LogP contribution >= 0.6 is 11.3 Å². The molecule has 0 spiro atoms. The van der Waals surface area contributed by atoms with Gasteiger partial charge in [-0.25, -0.2) is 18.1 Å². The second-order valence-electron chi connectivity index (χ2n) is 4.92. The van der Waals surface area contributed by atoms with Gasteiger partial charge in [0.2, 0.25) is 10.0 Å². The summed E-state index contributed by atoms with van der Waals surface area (Å²) in [6.45, 7) is 3.01. The van der Waals surface area contributed by atoms with Gasteiger partial charge in [0.1, 0.15) is 10.7 Å². The Morgan fingerprint density at radius 2 is 2.19 bits per heavy atom. The van der Waals surface area contributed by atoms with Crippen molar-refractivity contribution in [3.8, 4) is 0 Å². The fraction of sp³-hybridized carbons (Fsp3) is 0.667. The molecule has 2 rings (SSSR count). The Balaban J connectivity index is 1.90. The molecule has 1 aliphatic heterocycles. The molecule has 1 fully saturated rings. The largest absolute Gasteiger partial charge is 0.337 e. The first kappa shape index (κ1) is 16.3. The standard InChI is InChI=1S/C12H20N4O3S2/c1-2-21(18,19)15-9-3-5-16(6-4-9)12(17)10-8-20-11(7-13)14-10/h8-9,15H,2-7,13H2,1H3. The van der Waals surface area contributed by atoms with Crippen molar-refractivity contribution in [1.29, 1.82) is 0 Å². The van der Waals surface area contributed by atoms with Crippen molar-refractivity contribution in [1.82, 2.24) is 14.6 Å². The van der Waals surface area contributed by atoms with Gasteiger partial charge < -0.3 is 10.6 Å². The van der Waals surface area contributed by atoms with E-state index >= 15 is 0 Å². The van der Waals surface area contributed by atoms with E-state index in [1.54, 1.807) is 17.2 Å². The van der Waals surface area contributed by atoms with E-state index < -0.39 is 10.0 Å². The number of carbonyl (C=O) groups is 1. The van der Waals surface area contributed by atoms with Crippen LogP contribution in [0.4, 0.5) is 0 Å². The van der Waals surface area contributed by atoms with Gasteiger partial charge in [0.05, 0.1) is 5.75 Å². The van der Waals surface area contributed by atoms with Crippen LogP contribution in [-0.4, -0.2) is 49.1 Å². The first-order valence-electron chi connectivity index (χ1n) is 6.89. The molecule has 0 saturated carbocycles. The van der Waals surface area contributed by atoms with E-state index in [-0.39, 0.29) is 17.7 Å². The zero-order valence-electron chi connectivity index (χ0n) is 11.9. The second kappa shape index (κ2) is 6.82. The smallest absolute Gasteiger partial charge is 0.273 e. The van der Waals surface area contributed by atoms with Crippen LogP contribution in [0.25, 0.3) is 0 Å². The molecule has 7 nitrogen and oxygen atoms in total. The van der Waals surface area contributed by atoms with Crippen LogP contribution in [0.5, 0.6) is 0 Å². The molecule has 0 atom stereocenters. The van der Waals surface area contributed by atoms with Crippen molar-refractivity contribution in [2.45, 2.75) is 32.4 Å². The SMILES string of the molecule is CCS(=O)(=O)NC1CCN(C(=O)c2csc(CN)n2)CC1. The van der Waals surface area contributed by atoms with Gasteiger partial charge in [-0.3, -0.25) is 4.79 Å². The molecular formula is C12H20N4O3S2. The zero-order chi connectivity index (χ0) is 15.5. The van der Waals surface area contributed by atoms with Crippen molar-refractivity contribution in [2.75, 3.05) is 18.8 Å². The van der Waals surface area contributed by atoms with Crippen LogP contribution in [0.15, 0.2) is 5.38 Å². The summed E-state index contributed by atoms with van der Waals surface area (Å²) in [4.78, 5) is 18.2. The summed E-state index contributed by atoms with van der Waals surface area (Å²) in [5.41, 5.74) is 5.91. The minimum atomic E-state index is -3.19. The number of hydrogen-bond donors (Lipinski definition) is 2. The minimum absolute atomic E-state index is 0.0762. The van der Waals surface area contributed by atoms with Crippen LogP contribution < -0.4 is 10.5 Å². The Morgan fingerprint density at radius 1 is 1.52 bits per heavy atom. The molecule has 118 valence electrons. The number of thiazole rings is 1. The molecular weight excluding hydrogens is 312 g/mol.